The quantitative estimate of drug-likeness (QED) is 0.645. The molecule has 1 aliphatic heterocycles. The third-order valence-electron chi connectivity index (χ3n) is 3.06. The third-order valence-corrected chi connectivity index (χ3v) is 4.03. The van der Waals surface area contributed by atoms with Crippen LogP contribution in [0.4, 0.5) is 0 Å². The number of hydrogen-bond acceptors (Lipinski definition) is 5. The molecule has 7 heteroatoms. The van der Waals surface area contributed by atoms with Crippen molar-refractivity contribution in [1.29, 1.82) is 0 Å². The predicted octanol–water partition coefficient (Wildman–Crippen LogP) is -1.27. The Morgan fingerprint density at radius 3 is 2.47 bits per heavy atom. The number of carbonyl (C=O) groups is 1. The van der Waals surface area contributed by atoms with Crippen LogP contribution in [0.3, 0.4) is 0 Å². The normalized spacial score (nSPS) is 20.8. The topological polar surface area (TPSA) is 101 Å². The molecule has 0 bridgehead atoms. The molecule has 0 saturated carbocycles. The smallest absolute Gasteiger partial charge is 0.239 e. The van der Waals surface area contributed by atoms with Crippen molar-refractivity contribution >= 4 is 15.7 Å². The van der Waals surface area contributed by atoms with Gasteiger partial charge in [0.2, 0.25) is 5.91 Å². The van der Waals surface area contributed by atoms with Crippen molar-refractivity contribution in [3.63, 3.8) is 0 Å². The molecule has 17 heavy (non-hydrogen) atoms. The van der Waals surface area contributed by atoms with Gasteiger partial charge in [0.05, 0.1) is 30.5 Å². The van der Waals surface area contributed by atoms with Gasteiger partial charge in [-0.05, 0) is 12.8 Å². The molecular weight excluding hydrogens is 244 g/mol. The van der Waals surface area contributed by atoms with Crippen LogP contribution in [-0.4, -0.2) is 61.1 Å². The van der Waals surface area contributed by atoms with Crippen molar-refractivity contribution in [2.45, 2.75) is 31.4 Å². The average Bonchev–Trinajstić information content (AvgIpc) is 2.19. The van der Waals surface area contributed by atoms with Gasteiger partial charge in [0, 0.05) is 6.26 Å². The number of β-amino-alcohol motifs (C(OH)–C–C–N with tert-alkyl or cyclic N) is 1. The van der Waals surface area contributed by atoms with Crippen molar-refractivity contribution in [1.82, 2.24) is 4.90 Å². The van der Waals surface area contributed by atoms with Gasteiger partial charge in [0.15, 0.2) is 0 Å². The summed E-state index contributed by atoms with van der Waals surface area (Å²) >= 11 is 0. The maximum atomic E-state index is 11.7. The van der Waals surface area contributed by atoms with Crippen molar-refractivity contribution in [3.05, 3.63) is 0 Å². The fourth-order valence-corrected chi connectivity index (χ4v) is 2.42. The van der Waals surface area contributed by atoms with Crippen LogP contribution in [0, 0.1) is 0 Å². The summed E-state index contributed by atoms with van der Waals surface area (Å²) in [5.41, 5.74) is 4.84. The van der Waals surface area contributed by atoms with Gasteiger partial charge in [-0.1, -0.05) is 6.92 Å². The Kier molecular flexibility index (Phi) is 4.16. The summed E-state index contributed by atoms with van der Waals surface area (Å²) in [5, 5.41) is 9.75. The Labute approximate surface area is 102 Å². The van der Waals surface area contributed by atoms with Crippen LogP contribution in [0.1, 0.15) is 19.8 Å². The Balaban J connectivity index is 2.39. The second-order valence-corrected chi connectivity index (χ2v) is 7.06. The number of amides is 1. The number of nitrogens with two attached hydrogens (primary N) is 1. The summed E-state index contributed by atoms with van der Waals surface area (Å²) in [7, 11) is -3.09. The van der Waals surface area contributed by atoms with Gasteiger partial charge in [-0.3, -0.25) is 4.79 Å². The highest BCUT2D eigenvalue weighted by Gasteiger charge is 2.43. The fraction of sp³-hybridized carbons (Fsp3) is 0.900. The number of sulfone groups is 1. The van der Waals surface area contributed by atoms with E-state index in [1.165, 1.54) is 4.90 Å². The number of aliphatic hydroxyl groups is 1. The molecule has 1 amide bonds. The minimum atomic E-state index is -3.09. The van der Waals surface area contributed by atoms with Gasteiger partial charge >= 0.3 is 0 Å². The predicted molar refractivity (Wildman–Crippen MR) is 64.1 cm³/mol. The summed E-state index contributed by atoms with van der Waals surface area (Å²) in [6.07, 6.45) is 1.83. The number of hydrogen-bond donors (Lipinski definition) is 2. The van der Waals surface area contributed by atoms with E-state index in [4.69, 9.17) is 5.73 Å². The first-order valence-electron chi connectivity index (χ1n) is 5.61. The van der Waals surface area contributed by atoms with Gasteiger partial charge in [0.1, 0.15) is 9.84 Å². The second-order valence-electron chi connectivity index (χ2n) is 4.80. The molecule has 1 aliphatic rings. The lowest BCUT2D eigenvalue weighted by atomic mass is 9.90. The number of carbonyl (C=O) groups excluding carboxylic acids is 1. The Morgan fingerprint density at radius 2 is 2.06 bits per heavy atom. The van der Waals surface area contributed by atoms with Crippen LogP contribution >= 0.6 is 0 Å². The Bertz CT molecular complexity index is 387. The van der Waals surface area contributed by atoms with Crippen molar-refractivity contribution in [2.75, 3.05) is 25.1 Å². The van der Waals surface area contributed by atoms with E-state index in [0.29, 0.717) is 6.42 Å². The number of likely N-dealkylation sites (tertiary alicyclic amines) is 1. The first-order chi connectivity index (χ1) is 7.67. The van der Waals surface area contributed by atoms with E-state index < -0.39 is 21.5 Å². The lowest BCUT2D eigenvalue weighted by Crippen LogP contribution is -2.65. The van der Waals surface area contributed by atoms with Gasteiger partial charge in [-0.15, -0.1) is 0 Å². The number of rotatable bonds is 5. The van der Waals surface area contributed by atoms with Crippen molar-refractivity contribution in [3.8, 4) is 0 Å². The maximum absolute atomic E-state index is 11.7. The third kappa shape index (κ3) is 3.93. The molecule has 1 fully saturated rings. The van der Waals surface area contributed by atoms with Gasteiger partial charge < -0.3 is 15.7 Å². The Morgan fingerprint density at radius 1 is 1.53 bits per heavy atom. The van der Waals surface area contributed by atoms with Crippen molar-refractivity contribution in [2.24, 2.45) is 5.73 Å². The van der Waals surface area contributed by atoms with E-state index in [1.54, 1.807) is 0 Å². The highest BCUT2D eigenvalue weighted by Crippen LogP contribution is 2.24. The summed E-state index contributed by atoms with van der Waals surface area (Å²) < 4.78 is 21.9. The molecule has 3 N–H and O–H groups in total. The highest BCUT2D eigenvalue weighted by molar-refractivity contribution is 7.90. The summed E-state index contributed by atoms with van der Waals surface area (Å²) in [6, 6.07) is -0.800. The van der Waals surface area contributed by atoms with Crippen LogP contribution < -0.4 is 5.73 Å². The highest BCUT2D eigenvalue weighted by atomic mass is 32.2. The zero-order valence-electron chi connectivity index (χ0n) is 10.2. The van der Waals surface area contributed by atoms with Crippen LogP contribution in [-0.2, 0) is 14.6 Å². The monoisotopic (exact) mass is 264 g/mol. The fourth-order valence-electron chi connectivity index (χ4n) is 1.74. The van der Waals surface area contributed by atoms with E-state index in [9.17, 15) is 18.3 Å². The molecule has 0 aliphatic carbocycles. The first-order valence-corrected chi connectivity index (χ1v) is 7.67. The zero-order valence-corrected chi connectivity index (χ0v) is 11.0. The largest absolute Gasteiger partial charge is 0.386 e. The van der Waals surface area contributed by atoms with E-state index >= 15 is 0 Å². The molecule has 1 saturated heterocycles. The van der Waals surface area contributed by atoms with Gasteiger partial charge in [-0.2, -0.15) is 0 Å². The number of nitrogens with zero attached hydrogens (tertiary/aromatic N) is 1. The zero-order chi connectivity index (χ0) is 13.3. The lowest BCUT2D eigenvalue weighted by molar-refractivity contribution is -0.157. The minimum absolute atomic E-state index is 0.0915. The molecule has 0 aromatic heterocycles. The summed E-state index contributed by atoms with van der Waals surface area (Å²) in [6.45, 7) is 2.43. The molecule has 6 nitrogen and oxygen atoms in total. The van der Waals surface area contributed by atoms with Crippen molar-refractivity contribution < 1.29 is 18.3 Å². The molecule has 0 spiro atoms. The van der Waals surface area contributed by atoms with E-state index in [-0.39, 0.29) is 31.2 Å². The van der Waals surface area contributed by atoms with Crippen LogP contribution in [0.15, 0.2) is 0 Å². The molecule has 0 radical (unpaired) electrons. The molecule has 0 aromatic rings. The molecule has 1 atom stereocenters. The van der Waals surface area contributed by atoms with E-state index in [2.05, 4.69) is 0 Å². The molecule has 1 heterocycles. The summed E-state index contributed by atoms with van der Waals surface area (Å²) in [5.74, 6) is -0.377. The lowest BCUT2D eigenvalue weighted by Gasteiger charge is -2.46. The molecule has 1 rings (SSSR count). The maximum Gasteiger partial charge on any atom is 0.239 e. The SMILES string of the molecule is CCC1(O)CN(C(=O)C(N)CCS(C)(=O)=O)C1. The van der Waals surface area contributed by atoms with E-state index in [1.807, 2.05) is 6.92 Å². The molecule has 100 valence electrons. The minimum Gasteiger partial charge on any atom is -0.386 e. The van der Waals surface area contributed by atoms with Gasteiger partial charge in [-0.25, -0.2) is 8.42 Å². The average molecular weight is 264 g/mol. The molecular formula is C10H20N2O4S. The molecule has 0 aromatic carbocycles. The van der Waals surface area contributed by atoms with Crippen LogP contribution in [0.5, 0.6) is 0 Å². The summed E-state index contributed by atoms with van der Waals surface area (Å²) in [4.78, 5) is 13.2. The second kappa shape index (κ2) is 4.91. The standard InChI is InChI=1S/C10H20N2O4S/c1-3-10(14)6-12(7-10)9(13)8(11)4-5-17(2,15)16/h8,14H,3-7,11H2,1-2H3. The van der Waals surface area contributed by atoms with Crippen LogP contribution in [0.2, 0.25) is 0 Å². The first kappa shape index (κ1) is 14.4. The van der Waals surface area contributed by atoms with Crippen LogP contribution in [0.25, 0.3) is 0 Å². The van der Waals surface area contributed by atoms with E-state index in [0.717, 1.165) is 6.26 Å². The van der Waals surface area contributed by atoms with Gasteiger partial charge in [0.25, 0.3) is 0 Å². The molecule has 1 unspecified atom stereocenters. The Hall–Kier alpha value is -0.660.